The van der Waals surface area contributed by atoms with Crippen molar-refractivity contribution < 1.29 is 9.53 Å². The lowest BCUT2D eigenvalue weighted by Gasteiger charge is -2.33. The number of likely N-dealkylation sites (N-methyl/N-ethyl adjacent to an activating group) is 2. The van der Waals surface area contributed by atoms with E-state index in [1.165, 1.54) is 0 Å². The molecule has 1 heterocycles. The number of carbonyl (C=O) groups excluding carboxylic acids is 1. The highest BCUT2D eigenvalue weighted by atomic mass is 35.5. The van der Waals surface area contributed by atoms with Gasteiger partial charge in [-0.15, -0.1) is 12.4 Å². The Balaban J connectivity index is 0.00000220. The molecular weight excluding hydrogens is 288 g/mol. The van der Waals surface area contributed by atoms with Crippen LogP contribution in [0.1, 0.15) is 24.5 Å². The Hall–Kier alpha value is -1.10. The predicted octanol–water partition coefficient (Wildman–Crippen LogP) is 2.25. The van der Waals surface area contributed by atoms with Gasteiger partial charge in [-0.1, -0.05) is 30.3 Å². The summed E-state index contributed by atoms with van der Waals surface area (Å²) in [7, 11) is 3.77. The lowest BCUT2D eigenvalue weighted by atomic mass is 9.88. The monoisotopic (exact) mass is 312 g/mol. The standard InChI is InChI=1S/C16H24N2O2.ClH/c1-17-10-11-18(2)16(19)14-9-6-12-20-15(14)13-7-4-3-5-8-13;/h3-5,7-8,14-15,17H,6,9-12H2,1-2H3;1H. The summed E-state index contributed by atoms with van der Waals surface area (Å²) in [6.45, 7) is 2.28. The fourth-order valence-electron chi connectivity index (χ4n) is 2.68. The van der Waals surface area contributed by atoms with Gasteiger partial charge in [-0.25, -0.2) is 0 Å². The van der Waals surface area contributed by atoms with E-state index in [4.69, 9.17) is 4.74 Å². The van der Waals surface area contributed by atoms with Gasteiger partial charge in [-0.05, 0) is 25.5 Å². The van der Waals surface area contributed by atoms with Gasteiger partial charge >= 0.3 is 0 Å². The van der Waals surface area contributed by atoms with Gasteiger partial charge in [-0.2, -0.15) is 0 Å². The summed E-state index contributed by atoms with van der Waals surface area (Å²) >= 11 is 0. The number of hydrogen-bond acceptors (Lipinski definition) is 3. The van der Waals surface area contributed by atoms with Gasteiger partial charge in [0.05, 0.1) is 12.0 Å². The fourth-order valence-corrected chi connectivity index (χ4v) is 2.68. The molecule has 118 valence electrons. The molecule has 1 N–H and O–H groups in total. The first-order valence-electron chi connectivity index (χ1n) is 7.30. The van der Waals surface area contributed by atoms with Crippen LogP contribution in [0, 0.1) is 5.92 Å². The number of rotatable bonds is 5. The fraction of sp³-hybridized carbons (Fsp3) is 0.562. The van der Waals surface area contributed by atoms with E-state index in [1.54, 1.807) is 0 Å². The zero-order valence-electron chi connectivity index (χ0n) is 12.7. The lowest BCUT2D eigenvalue weighted by Crippen LogP contribution is -2.41. The van der Waals surface area contributed by atoms with Gasteiger partial charge in [-0.3, -0.25) is 4.79 Å². The van der Waals surface area contributed by atoms with Crippen LogP contribution in [0.25, 0.3) is 0 Å². The summed E-state index contributed by atoms with van der Waals surface area (Å²) in [5, 5.41) is 3.07. The molecular formula is C16H25ClN2O2. The number of benzene rings is 1. The van der Waals surface area contributed by atoms with E-state index in [-0.39, 0.29) is 30.3 Å². The number of hydrogen-bond donors (Lipinski definition) is 1. The van der Waals surface area contributed by atoms with E-state index < -0.39 is 0 Å². The van der Waals surface area contributed by atoms with Crippen molar-refractivity contribution in [3.05, 3.63) is 35.9 Å². The number of carbonyl (C=O) groups is 1. The third-order valence-electron chi connectivity index (χ3n) is 3.84. The quantitative estimate of drug-likeness (QED) is 0.907. The molecule has 1 aromatic rings. The number of halogens is 1. The van der Waals surface area contributed by atoms with E-state index in [0.29, 0.717) is 0 Å². The highest BCUT2D eigenvalue weighted by molar-refractivity contribution is 5.85. The van der Waals surface area contributed by atoms with Gasteiger partial charge in [0, 0.05) is 26.7 Å². The highest BCUT2D eigenvalue weighted by Crippen LogP contribution is 2.34. The Morgan fingerprint density at radius 3 is 2.76 bits per heavy atom. The van der Waals surface area contributed by atoms with Crippen LogP contribution >= 0.6 is 12.4 Å². The zero-order chi connectivity index (χ0) is 14.4. The van der Waals surface area contributed by atoms with Crippen LogP contribution in [0.3, 0.4) is 0 Å². The average molecular weight is 313 g/mol. The van der Waals surface area contributed by atoms with Gasteiger partial charge in [0.15, 0.2) is 0 Å². The summed E-state index contributed by atoms with van der Waals surface area (Å²) in [6, 6.07) is 10.1. The molecule has 1 aromatic carbocycles. The van der Waals surface area contributed by atoms with Crippen molar-refractivity contribution in [3.63, 3.8) is 0 Å². The normalized spacial score (nSPS) is 21.4. The van der Waals surface area contributed by atoms with Crippen molar-refractivity contribution in [2.75, 3.05) is 33.8 Å². The summed E-state index contributed by atoms with van der Waals surface area (Å²) in [5.41, 5.74) is 1.10. The van der Waals surface area contributed by atoms with Crippen LogP contribution in [0.5, 0.6) is 0 Å². The van der Waals surface area contributed by atoms with Crippen LogP contribution in [0.2, 0.25) is 0 Å². The third-order valence-corrected chi connectivity index (χ3v) is 3.84. The Bertz CT molecular complexity index is 428. The second-order valence-corrected chi connectivity index (χ2v) is 5.31. The third kappa shape index (κ3) is 4.70. The molecule has 1 aliphatic heterocycles. The number of nitrogens with zero attached hydrogens (tertiary/aromatic N) is 1. The Morgan fingerprint density at radius 2 is 2.10 bits per heavy atom. The molecule has 21 heavy (non-hydrogen) atoms. The largest absolute Gasteiger partial charge is 0.373 e. The molecule has 1 fully saturated rings. The summed E-state index contributed by atoms with van der Waals surface area (Å²) in [6.07, 6.45) is 1.76. The van der Waals surface area contributed by atoms with Crippen LogP contribution in [0.4, 0.5) is 0 Å². The molecule has 2 rings (SSSR count). The molecule has 4 nitrogen and oxygen atoms in total. The number of amides is 1. The van der Waals surface area contributed by atoms with Crippen LogP contribution in [-0.2, 0) is 9.53 Å². The first-order valence-corrected chi connectivity index (χ1v) is 7.30. The summed E-state index contributed by atoms with van der Waals surface area (Å²) in [5.74, 6) is 0.127. The Kier molecular flexibility index (Phi) is 7.72. The van der Waals surface area contributed by atoms with Crippen molar-refractivity contribution in [2.24, 2.45) is 5.92 Å². The second-order valence-electron chi connectivity index (χ2n) is 5.31. The molecule has 5 heteroatoms. The van der Waals surface area contributed by atoms with E-state index in [1.807, 2.05) is 49.3 Å². The van der Waals surface area contributed by atoms with Crippen molar-refractivity contribution in [2.45, 2.75) is 18.9 Å². The maximum absolute atomic E-state index is 12.6. The molecule has 2 atom stereocenters. The molecule has 0 radical (unpaired) electrons. The minimum atomic E-state index is -0.102. The predicted molar refractivity (Wildman–Crippen MR) is 86.7 cm³/mol. The molecule has 1 amide bonds. The maximum Gasteiger partial charge on any atom is 0.228 e. The molecule has 1 saturated heterocycles. The highest BCUT2D eigenvalue weighted by Gasteiger charge is 2.34. The minimum absolute atomic E-state index is 0. The van der Waals surface area contributed by atoms with Crippen molar-refractivity contribution in [1.82, 2.24) is 10.2 Å². The molecule has 2 unspecified atom stereocenters. The first kappa shape index (κ1) is 18.0. The van der Waals surface area contributed by atoms with Gasteiger partial charge in [0.2, 0.25) is 5.91 Å². The molecule has 0 aromatic heterocycles. The zero-order valence-corrected chi connectivity index (χ0v) is 13.6. The Labute approximate surface area is 133 Å². The smallest absolute Gasteiger partial charge is 0.228 e. The average Bonchev–Trinajstić information content (AvgIpc) is 2.52. The van der Waals surface area contributed by atoms with Crippen molar-refractivity contribution >= 4 is 18.3 Å². The van der Waals surface area contributed by atoms with Crippen LogP contribution in [-0.4, -0.2) is 44.6 Å². The number of nitrogens with one attached hydrogen (secondary N) is 1. The van der Waals surface area contributed by atoms with Gasteiger partial charge < -0.3 is 15.0 Å². The molecule has 0 bridgehead atoms. The molecule has 0 spiro atoms. The van der Waals surface area contributed by atoms with Crippen molar-refractivity contribution in [3.8, 4) is 0 Å². The molecule has 1 aliphatic rings. The number of ether oxygens (including phenoxy) is 1. The van der Waals surface area contributed by atoms with Gasteiger partial charge in [0.25, 0.3) is 0 Å². The van der Waals surface area contributed by atoms with E-state index in [9.17, 15) is 4.79 Å². The lowest BCUT2D eigenvalue weighted by molar-refractivity contribution is -0.144. The summed E-state index contributed by atoms with van der Waals surface area (Å²) in [4.78, 5) is 14.4. The second kappa shape index (κ2) is 9.03. The van der Waals surface area contributed by atoms with Crippen molar-refractivity contribution in [1.29, 1.82) is 0 Å². The van der Waals surface area contributed by atoms with Crippen LogP contribution < -0.4 is 5.32 Å². The van der Waals surface area contributed by atoms with E-state index >= 15 is 0 Å². The molecule has 0 saturated carbocycles. The maximum atomic E-state index is 12.6. The van der Waals surface area contributed by atoms with E-state index in [0.717, 1.165) is 38.1 Å². The van der Waals surface area contributed by atoms with E-state index in [2.05, 4.69) is 5.32 Å². The Morgan fingerprint density at radius 1 is 1.38 bits per heavy atom. The minimum Gasteiger partial charge on any atom is -0.373 e. The first-order chi connectivity index (χ1) is 9.74. The van der Waals surface area contributed by atoms with Gasteiger partial charge in [0.1, 0.15) is 0 Å². The SMILES string of the molecule is CNCCN(C)C(=O)C1CCCOC1c1ccccc1.Cl. The summed E-state index contributed by atoms with van der Waals surface area (Å²) < 4.78 is 5.89. The molecule has 0 aliphatic carbocycles. The van der Waals surface area contributed by atoms with Crippen LogP contribution in [0.15, 0.2) is 30.3 Å². The topological polar surface area (TPSA) is 41.6 Å².